The van der Waals surface area contributed by atoms with E-state index in [0.29, 0.717) is 22.4 Å². The molecule has 2 aromatic carbocycles. The standard InChI is InChI=1S/C24H25FN4OS/c1-4-5-13-29-16(3)20(21(26-24(29)31)17-11-9-15(2)10-12-17)23-27-22(28-30-23)18-7-6-8-19(25)14-18/h6-12,14,21H,4-5,13H2,1-3H3,(H,26,31). The van der Waals surface area contributed by atoms with Crippen molar-refractivity contribution in [2.24, 2.45) is 0 Å². The molecule has 1 N–H and O–H groups in total. The predicted molar refractivity (Wildman–Crippen MR) is 124 cm³/mol. The van der Waals surface area contributed by atoms with E-state index >= 15 is 0 Å². The summed E-state index contributed by atoms with van der Waals surface area (Å²) in [6.07, 6.45) is 2.08. The number of aromatic nitrogens is 2. The van der Waals surface area contributed by atoms with E-state index in [1.165, 1.54) is 17.7 Å². The van der Waals surface area contributed by atoms with Crippen molar-refractivity contribution in [2.75, 3.05) is 6.54 Å². The highest BCUT2D eigenvalue weighted by Gasteiger charge is 2.33. The molecular weight excluding hydrogens is 411 g/mol. The number of nitrogens with zero attached hydrogens (tertiary/aromatic N) is 3. The Morgan fingerprint density at radius 1 is 1.16 bits per heavy atom. The van der Waals surface area contributed by atoms with E-state index in [4.69, 9.17) is 16.7 Å². The molecule has 2 heterocycles. The molecule has 0 radical (unpaired) electrons. The second-order valence-corrected chi connectivity index (χ2v) is 8.12. The highest BCUT2D eigenvalue weighted by atomic mass is 32.1. The molecule has 0 bridgehead atoms. The first kappa shape index (κ1) is 21.2. The molecule has 3 aromatic rings. The second-order valence-electron chi connectivity index (χ2n) is 7.73. The van der Waals surface area contributed by atoms with Gasteiger partial charge in [0.15, 0.2) is 5.11 Å². The first-order valence-electron chi connectivity index (χ1n) is 10.4. The minimum Gasteiger partial charge on any atom is -0.351 e. The van der Waals surface area contributed by atoms with Crippen molar-refractivity contribution in [1.29, 1.82) is 0 Å². The molecule has 5 nitrogen and oxygen atoms in total. The molecule has 0 fully saturated rings. The van der Waals surface area contributed by atoms with Gasteiger partial charge < -0.3 is 14.7 Å². The van der Waals surface area contributed by atoms with E-state index in [1.54, 1.807) is 12.1 Å². The van der Waals surface area contributed by atoms with Gasteiger partial charge in [0, 0.05) is 17.8 Å². The molecule has 7 heteroatoms. The van der Waals surface area contributed by atoms with Gasteiger partial charge in [0.25, 0.3) is 5.89 Å². The molecule has 1 unspecified atom stereocenters. The van der Waals surface area contributed by atoms with Gasteiger partial charge in [0.2, 0.25) is 5.82 Å². The van der Waals surface area contributed by atoms with Crippen molar-refractivity contribution in [1.82, 2.24) is 20.4 Å². The summed E-state index contributed by atoms with van der Waals surface area (Å²) in [5.41, 5.74) is 4.67. The monoisotopic (exact) mass is 436 g/mol. The lowest BCUT2D eigenvalue weighted by Gasteiger charge is -2.37. The van der Waals surface area contributed by atoms with E-state index in [-0.39, 0.29) is 11.9 Å². The molecule has 4 rings (SSSR count). The van der Waals surface area contributed by atoms with Gasteiger partial charge in [0.1, 0.15) is 5.82 Å². The van der Waals surface area contributed by atoms with E-state index in [2.05, 4.69) is 58.5 Å². The number of hydrogen-bond acceptors (Lipinski definition) is 4. The summed E-state index contributed by atoms with van der Waals surface area (Å²) in [6, 6.07) is 14.3. The van der Waals surface area contributed by atoms with Crippen LogP contribution in [0.3, 0.4) is 0 Å². The highest BCUT2D eigenvalue weighted by Crippen LogP contribution is 2.37. The summed E-state index contributed by atoms with van der Waals surface area (Å²) in [4.78, 5) is 6.70. The maximum Gasteiger partial charge on any atom is 0.258 e. The van der Waals surface area contributed by atoms with Crippen molar-refractivity contribution >= 4 is 22.9 Å². The number of unbranched alkanes of at least 4 members (excludes halogenated alkanes) is 1. The number of rotatable bonds is 6. The summed E-state index contributed by atoms with van der Waals surface area (Å²) in [7, 11) is 0. The van der Waals surface area contributed by atoms with Crippen LogP contribution in [0.15, 0.2) is 58.8 Å². The van der Waals surface area contributed by atoms with Crippen LogP contribution in [0.4, 0.5) is 4.39 Å². The van der Waals surface area contributed by atoms with Gasteiger partial charge in [-0.1, -0.05) is 60.5 Å². The lowest BCUT2D eigenvalue weighted by Crippen LogP contribution is -2.46. The molecule has 0 saturated carbocycles. The molecular formula is C24H25FN4OS. The Balaban J connectivity index is 1.80. The lowest BCUT2D eigenvalue weighted by atomic mass is 9.94. The third-order valence-electron chi connectivity index (χ3n) is 5.48. The topological polar surface area (TPSA) is 54.2 Å². The zero-order valence-electron chi connectivity index (χ0n) is 17.9. The zero-order valence-corrected chi connectivity index (χ0v) is 18.7. The normalized spacial score (nSPS) is 16.6. The molecule has 1 aliphatic rings. The van der Waals surface area contributed by atoms with Crippen LogP contribution in [0.2, 0.25) is 0 Å². The fourth-order valence-electron chi connectivity index (χ4n) is 3.73. The van der Waals surface area contributed by atoms with E-state index in [9.17, 15) is 4.39 Å². The Kier molecular flexibility index (Phi) is 6.13. The number of nitrogens with one attached hydrogen (secondary N) is 1. The Bertz CT molecular complexity index is 1120. The van der Waals surface area contributed by atoms with Crippen molar-refractivity contribution in [3.05, 3.63) is 77.1 Å². The Morgan fingerprint density at radius 3 is 2.65 bits per heavy atom. The van der Waals surface area contributed by atoms with Crippen molar-refractivity contribution in [2.45, 2.75) is 39.7 Å². The zero-order chi connectivity index (χ0) is 22.0. The Labute approximate surface area is 187 Å². The van der Waals surface area contributed by atoms with Crippen LogP contribution >= 0.6 is 12.2 Å². The molecule has 0 aliphatic carbocycles. The molecule has 1 aliphatic heterocycles. The maximum absolute atomic E-state index is 13.7. The van der Waals surface area contributed by atoms with Crippen LogP contribution in [-0.2, 0) is 0 Å². The van der Waals surface area contributed by atoms with Gasteiger partial charge in [-0.15, -0.1) is 0 Å². The predicted octanol–water partition coefficient (Wildman–Crippen LogP) is 5.65. The number of benzene rings is 2. The summed E-state index contributed by atoms with van der Waals surface area (Å²) in [5.74, 6) is 0.414. The van der Waals surface area contributed by atoms with Crippen LogP contribution in [0.25, 0.3) is 17.0 Å². The molecule has 160 valence electrons. The van der Waals surface area contributed by atoms with Crippen LogP contribution in [-0.4, -0.2) is 26.7 Å². The molecule has 0 amide bonds. The lowest BCUT2D eigenvalue weighted by molar-refractivity contribution is 0.395. The van der Waals surface area contributed by atoms with Gasteiger partial charge in [-0.25, -0.2) is 4.39 Å². The van der Waals surface area contributed by atoms with Crippen LogP contribution in [0, 0.1) is 12.7 Å². The largest absolute Gasteiger partial charge is 0.351 e. The first-order chi connectivity index (χ1) is 15.0. The van der Waals surface area contributed by atoms with Crippen LogP contribution < -0.4 is 5.32 Å². The molecule has 1 atom stereocenters. The third-order valence-corrected chi connectivity index (χ3v) is 5.82. The van der Waals surface area contributed by atoms with Crippen LogP contribution in [0.1, 0.15) is 49.7 Å². The van der Waals surface area contributed by atoms with Crippen molar-refractivity contribution in [3.8, 4) is 11.4 Å². The maximum atomic E-state index is 13.7. The minimum absolute atomic E-state index is 0.216. The number of aryl methyl sites for hydroxylation is 1. The van der Waals surface area contributed by atoms with E-state index in [1.807, 2.05) is 6.92 Å². The number of thiocarbonyl (C=S) groups is 1. The average molecular weight is 437 g/mol. The van der Waals surface area contributed by atoms with Crippen molar-refractivity contribution in [3.63, 3.8) is 0 Å². The summed E-state index contributed by atoms with van der Waals surface area (Å²) >= 11 is 5.69. The Morgan fingerprint density at radius 2 is 1.94 bits per heavy atom. The molecule has 0 spiro atoms. The van der Waals surface area contributed by atoms with Gasteiger partial charge in [-0.3, -0.25) is 0 Å². The number of allylic oxidation sites excluding steroid dienone is 1. The van der Waals surface area contributed by atoms with E-state index in [0.717, 1.165) is 36.2 Å². The smallest absolute Gasteiger partial charge is 0.258 e. The quantitative estimate of drug-likeness (QED) is 0.504. The number of halogens is 1. The van der Waals surface area contributed by atoms with Crippen molar-refractivity contribution < 1.29 is 8.91 Å². The SMILES string of the molecule is CCCCN1C(=S)NC(c2ccc(C)cc2)C(c2nc(-c3cccc(F)c3)no2)=C1C. The molecule has 0 saturated heterocycles. The van der Waals surface area contributed by atoms with Gasteiger partial charge >= 0.3 is 0 Å². The van der Waals surface area contributed by atoms with Crippen LogP contribution in [0.5, 0.6) is 0 Å². The molecule has 1 aromatic heterocycles. The Hall–Kier alpha value is -3.06. The van der Waals surface area contributed by atoms with Gasteiger partial charge in [-0.2, -0.15) is 4.98 Å². The molecule has 31 heavy (non-hydrogen) atoms. The third kappa shape index (κ3) is 4.37. The fraction of sp³-hybridized carbons (Fsp3) is 0.292. The fourth-order valence-corrected chi connectivity index (χ4v) is 4.08. The summed E-state index contributed by atoms with van der Waals surface area (Å²) in [5, 5.41) is 8.26. The minimum atomic E-state index is -0.341. The number of hydrogen-bond donors (Lipinski definition) is 1. The highest BCUT2D eigenvalue weighted by molar-refractivity contribution is 7.80. The average Bonchev–Trinajstić information content (AvgIpc) is 3.23. The second kappa shape index (κ2) is 8.98. The van der Waals surface area contributed by atoms with Gasteiger partial charge in [-0.05, 0) is 50.2 Å². The first-order valence-corrected chi connectivity index (χ1v) is 10.8. The van der Waals surface area contributed by atoms with E-state index < -0.39 is 0 Å². The summed E-state index contributed by atoms with van der Waals surface area (Å²) in [6.45, 7) is 7.05. The summed E-state index contributed by atoms with van der Waals surface area (Å²) < 4.78 is 19.4. The van der Waals surface area contributed by atoms with Gasteiger partial charge in [0.05, 0.1) is 11.6 Å².